The highest BCUT2D eigenvalue weighted by Crippen LogP contribution is 2.19. The van der Waals surface area contributed by atoms with Crippen molar-refractivity contribution in [3.05, 3.63) is 58.1 Å². The number of ether oxygens (including phenoxy) is 1. The molecule has 1 aromatic carbocycles. The van der Waals surface area contributed by atoms with E-state index in [4.69, 9.17) is 10.00 Å². The van der Waals surface area contributed by atoms with Crippen molar-refractivity contribution in [2.75, 3.05) is 6.61 Å². The van der Waals surface area contributed by atoms with Gasteiger partial charge < -0.3 is 4.74 Å². The second-order valence-electron chi connectivity index (χ2n) is 4.86. The average Bonchev–Trinajstić information content (AvgIpc) is 2.55. The van der Waals surface area contributed by atoms with Crippen LogP contribution in [-0.2, 0) is 16.1 Å². The van der Waals surface area contributed by atoms with Gasteiger partial charge in [0, 0.05) is 0 Å². The van der Waals surface area contributed by atoms with E-state index in [-0.39, 0.29) is 18.7 Å². The lowest BCUT2D eigenvalue weighted by atomic mass is 10.1. The third kappa shape index (κ3) is 3.83. The number of carbonyl (C=O) groups excluding carboxylic acids is 1. The van der Waals surface area contributed by atoms with Crippen molar-refractivity contribution in [1.82, 2.24) is 4.57 Å². The number of nitrogens with zero attached hydrogens (tertiary/aromatic N) is 2. The van der Waals surface area contributed by atoms with Gasteiger partial charge in [-0.15, -0.1) is 0 Å². The molecule has 0 aliphatic rings. The van der Waals surface area contributed by atoms with Gasteiger partial charge in [0.05, 0.1) is 12.3 Å². The zero-order valence-electron chi connectivity index (χ0n) is 12.6. The van der Waals surface area contributed by atoms with Crippen LogP contribution in [0.4, 0.5) is 4.39 Å². The summed E-state index contributed by atoms with van der Waals surface area (Å²) in [5, 5.41) is 8.99. The normalized spacial score (nSPS) is 10.1. The minimum Gasteiger partial charge on any atom is -0.464 e. The van der Waals surface area contributed by atoms with Gasteiger partial charge in [-0.05, 0) is 48.4 Å². The first-order valence-corrected chi connectivity index (χ1v) is 7.12. The summed E-state index contributed by atoms with van der Waals surface area (Å²) in [5.74, 6) is -0.967. The molecule has 0 saturated carbocycles. The molecule has 118 valence electrons. The fraction of sp³-hybridized carbons (Fsp3) is 0.235. The summed E-state index contributed by atoms with van der Waals surface area (Å²) in [6.45, 7) is 1.82. The van der Waals surface area contributed by atoms with E-state index < -0.39 is 17.3 Å². The third-order valence-electron chi connectivity index (χ3n) is 3.19. The Morgan fingerprint density at radius 2 is 1.96 bits per heavy atom. The maximum atomic E-state index is 13.1. The number of esters is 1. The lowest BCUT2D eigenvalue weighted by molar-refractivity contribution is -0.144. The summed E-state index contributed by atoms with van der Waals surface area (Å²) >= 11 is 0. The van der Waals surface area contributed by atoms with Crippen LogP contribution in [0.2, 0.25) is 0 Å². The van der Waals surface area contributed by atoms with Gasteiger partial charge in [-0.3, -0.25) is 14.2 Å². The highest BCUT2D eigenvalue weighted by molar-refractivity contribution is 5.71. The molecule has 1 aromatic heterocycles. The van der Waals surface area contributed by atoms with Crippen LogP contribution < -0.4 is 5.56 Å². The van der Waals surface area contributed by atoms with Gasteiger partial charge in [0.1, 0.15) is 24.0 Å². The molecule has 2 rings (SSSR count). The summed E-state index contributed by atoms with van der Waals surface area (Å²) in [5.41, 5.74) is 0.334. The van der Waals surface area contributed by atoms with Crippen molar-refractivity contribution in [3.63, 3.8) is 0 Å². The lowest BCUT2D eigenvalue weighted by Crippen LogP contribution is -2.28. The Balaban J connectivity index is 2.48. The maximum Gasteiger partial charge on any atom is 0.326 e. The van der Waals surface area contributed by atoms with Crippen molar-refractivity contribution >= 4 is 5.97 Å². The van der Waals surface area contributed by atoms with Crippen LogP contribution in [0, 0.1) is 17.1 Å². The van der Waals surface area contributed by atoms with Crippen LogP contribution in [0.25, 0.3) is 11.3 Å². The Morgan fingerprint density at radius 3 is 2.57 bits per heavy atom. The molecule has 0 amide bonds. The van der Waals surface area contributed by atoms with Gasteiger partial charge in [0.25, 0.3) is 5.56 Å². The predicted octanol–water partition coefficient (Wildman–Crippen LogP) is 2.48. The largest absolute Gasteiger partial charge is 0.464 e. The summed E-state index contributed by atoms with van der Waals surface area (Å²) in [7, 11) is 0. The minimum absolute atomic E-state index is 0.0702. The van der Waals surface area contributed by atoms with Crippen molar-refractivity contribution in [3.8, 4) is 17.3 Å². The first-order chi connectivity index (χ1) is 11.1. The number of halogens is 1. The van der Waals surface area contributed by atoms with Gasteiger partial charge in [-0.2, -0.15) is 5.26 Å². The first kappa shape index (κ1) is 16.4. The van der Waals surface area contributed by atoms with Gasteiger partial charge >= 0.3 is 5.97 Å². The van der Waals surface area contributed by atoms with E-state index in [2.05, 4.69) is 0 Å². The summed E-state index contributed by atoms with van der Waals surface area (Å²) < 4.78 is 19.2. The molecule has 5 nitrogen and oxygen atoms in total. The Kier molecular flexibility index (Phi) is 5.26. The van der Waals surface area contributed by atoms with Crippen molar-refractivity contribution in [1.29, 1.82) is 5.26 Å². The number of nitriles is 1. The Hall–Kier alpha value is -2.94. The first-order valence-electron chi connectivity index (χ1n) is 7.12. The van der Waals surface area contributed by atoms with Crippen LogP contribution in [0.15, 0.2) is 41.2 Å². The fourth-order valence-electron chi connectivity index (χ4n) is 2.08. The van der Waals surface area contributed by atoms with Crippen LogP contribution in [0.5, 0.6) is 0 Å². The molecule has 6 heteroatoms. The molecule has 0 aliphatic carbocycles. The smallest absolute Gasteiger partial charge is 0.326 e. The van der Waals surface area contributed by atoms with Gasteiger partial charge in [0.2, 0.25) is 0 Å². The van der Waals surface area contributed by atoms with E-state index in [0.29, 0.717) is 17.7 Å². The molecule has 0 aliphatic heterocycles. The van der Waals surface area contributed by atoms with E-state index in [1.165, 1.54) is 34.9 Å². The molecule has 1 heterocycles. The zero-order chi connectivity index (χ0) is 16.8. The number of pyridine rings is 1. The van der Waals surface area contributed by atoms with E-state index in [1.807, 2.05) is 6.92 Å². The van der Waals surface area contributed by atoms with Crippen LogP contribution in [0.1, 0.15) is 18.9 Å². The molecule has 0 radical (unpaired) electrons. The van der Waals surface area contributed by atoms with Crippen molar-refractivity contribution in [2.24, 2.45) is 0 Å². The van der Waals surface area contributed by atoms with E-state index >= 15 is 0 Å². The Bertz CT molecular complexity index is 804. The highest BCUT2D eigenvalue weighted by Gasteiger charge is 2.14. The fourth-order valence-corrected chi connectivity index (χ4v) is 2.08. The molecule has 23 heavy (non-hydrogen) atoms. The monoisotopic (exact) mass is 314 g/mol. The molecule has 0 bridgehead atoms. The number of hydrogen-bond acceptors (Lipinski definition) is 4. The van der Waals surface area contributed by atoms with Crippen LogP contribution in [0.3, 0.4) is 0 Å². The molecular formula is C17H15FN2O3. The molecule has 0 spiro atoms. The molecule has 0 fully saturated rings. The van der Waals surface area contributed by atoms with E-state index in [9.17, 15) is 14.0 Å². The lowest BCUT2D eigenvalue weighted by Gasteiger charge is -2.13. The van der Waals surface area contributed by atoms with E-state index in [0.717, 1.165) is 0 Å². The number of rotatable bonds is 5. The molecule has 0 saturated heterocycles. The minimum atomic E-state index is -0.581. The van der Waals surface area contributed by atoms with Crippen LogP contribution in [-0.4, -0.2) is 17.1 Å². The van der Waals surface area contributed by atoms with Crippen LogP contribution >= 0.6 is 0 Å². The maximum absolute atomic E-state index is 13.1. The van der Waals surface area contributed by atoms with Gasteiger partial charge in [0.15, 0.2) is 0 Å². The summed E-state index contributed by atoms with van der Waals surface area (Å²) in [4.78, 5) is 24.2. The number of benzene rings is 1. The predicted molar refractivity (Wildman–Crippen MR) is 82.1 cm³/mol. The number of aromatic nitrogens is 1. The van der Waals surface area contributed by atoms with Crippen molar-refractivity contribution in [2.45, 2.75) is 19.9 Å². The molecular weight excluding hydrogens is 299 g/mol. The van der Waals surface area contributed by atoms with Gasteiger partial charge in [-0.25, -0.2) is 4.39 Å². The SMILES string of the molecule is CCCOC(=O)Cn1c(-c2ccc(F)cc2)ccc(C#N)c1=O. The summed E-state index contributed by atoms with van der Waals surface area (Å²) in [6.07, 6.45) is 0.670. The summed E-state index contributed by atoms with van der Waals surface area (Å²) in [6, 6.07) is 10.3. The third-order valence-corrected chi connectivity index (χ3v) is 3.19. The standard InChI is InChI=1S/C17H15FN2O3/c1-2-9-23-16(21)11-20-15(8-5-13(10-19)17(20)22)12-3-6-14(18)7-4-12/h3-8H,2,9,11H2,1H3. The second kappa shape index (κ2) is 7.36. The number of carbonyl (C=O) groups is 1. The molecule has 0 N–H and O–H groups in total. The second-order valence-corrected chi connectivity index (χ2v) is 4.86. The zero-order valence-corrected chi connectivity index (χ0v) is 12.6. The van der Waals surface area contributed by atoms with E-state index in [1.54, 1.807) is 12.1 Å². The topological polar surface area (TPSA) is 72.1 Å². The molecule has 0 atom stereocenters. The van der Waals surface area contributed by atoms with Gasteiger partial charge in [-0.1, -0.05) is 6.92 Å². The average molecular weight is 314 g/mol. The molecule has 0 unspecified atom stereocenters. The number of hydrogen-bond donors (Lipinski definition) is 0. The Labute approximate surface area is 132 Å². The van der Waals surface area contributed by atoms with Crippen molar-refractivity contribution < 1.29 is 13.9 Å². The quantitative estimate of drug-likeness (QED) is 0.795. The molecule has 2 aromatic rings. The highest BCUT2D eigenvalue weighted by atomic mass is 19.1. The Morgan fingerprint density at radius 1 is 1.26 bits per heavy atom.